The molecule has 3 rings (SSSR count). The molecular formula is C23H25N3O3. The molecule has 150 valence electrons. The summed E-state index contributed by atoms with van der Waals surface area (Å²) < 4.78 is 0. The fraction of sp³-hybridized carbons (Fsp3) is 0.261. The molecule has 2 aromatic carbocycles. The molecule has 0 aromatic heterocycles. The summed E-state index contributed by atoms with van der Waals surface area (Å²) in [5.74, 6) is -0.954. The standard InChI is InChI=1S/C23H25N3O3/c1-15-6-5-7-18(12-15)24-20(27)14-26-21(28)19(25-22(26)29)13-16-8-10-17(11-9-16)23(2,3)4/h5-13H,14H2,1-4H3,(H,24,27)(H,25,29)/b19-13+. The van der Waals surface area contributed by atoms with Gasteiger partial charge in [0.1, 0.15) is 12.2 Å². The highest BCUT2D eigenvalue weighted by Gasteiger charge is 2.34. The fourth-order valence-electron chi connectivity index (χ4n) is 3.03. The number of benzene rings is 2. The molecule has 6 heteroatoms. The zero-order valence-electron chi connectivity index (χ0n) is 17.1. The van der Waals surface area contributed by atoms with Crippen molar-refractivity contribution in [1.82, 2.24) is 10.2 Å². The van der Waals surface area contributed by atoms with Gasteiger partial charge in [-0.3, -0.25) is 9.59 Å². The molecule has 4 amide bonds. The van der Waals surface area contributed by atoms with Crippen molar-refractivity contribution in [3.8, 4) is 0 Å². The number of imide groups is 1. The third kappa shape index (κ3) is 4.90. The van der Waals surface area contributed by atoms with Crippen molar-refractivity contribution in [1.29, 1.82) is 0 Å². The van der Waals surface area contributed by atoms with Gasteiger partial charge < -0.3 is 10.6 Å². The number of aryl methyl sites for hydroxylation is 1. The molecular weight excluding hydrogens is 366 g/mol. The molecule has 0 spiro atoms. The predicted octanol–water partition coefficient (Wildman–Crippen LogP) is 3.82. The quantitative estimate of drug-likeness (QED) is 0.614. The minimum Gasteiger partial charge on any atom is -0.325 e. The van der Waals surface area contributed by atoms with Gasteiger partial charge in [-0.05, 0) is 47.2 Å². The van der Waals surface area contributed by atoms with Crippen LogP contribution in [0.25, 0.3) is 6.08 Å². The fourth-order valence-corrected chi connectivity index (χ4v) is 3.03. The van der Waals surface area contributed by atoms with Crippen molar-refractivity contribution in [2.24, 2.45) is 0 Å². The highest BCUT2D eigenvalue weighted by atomic mass is 16.2. The topological polar surface area (TPSA) is 78.5 Å². The predicted molar refractivity (Wildman–Crippen MR) is 113 cm³/mol. The van der Waals surface area contributed by atoms with E-state index in [0.717, 1.165) is 16.0 Å². The van der Waals surface area contributed by atoms with Crippen LogP contribution < -0.4 is 10.6 Å². The van der Waals surface area contributed by atoms with Crippen LogP contribution in [0, 0.1) is 6.92 Å². The van der Waals surface area contributed by atoms with Gasteiger partial charge in [0, 0.05) is 5.69 Å². The summed E-state index contributed by atoms with van der Waals surface area (Å²) in [5.41, 5.74) is 3.78. The Morgan fingerprint density at radius 3 is 2.41 bits per heavy atom. The van der Waals surface area contributed by atoms with Crippen LogP contribution in [0.2, 0.25) is 0 Å². The van der Waals surface area contributed by atoms with E-state index >= 15 is 0 Å². The Morgan fingerprint density at radius 1 is 1.10 bits per heavy atom. The monoisotopic (exact) mass is 391 g/mol. The summed E-state index contributed by atoms with van der Waals surface area (Å²) in [4.78, 5) is 37.9. The number of rotatable bonds is 4. The summed E-state index contributed by atoms with van der Waals surface area (Å²) in [6.07, 6.45) is 1.62. The SMILES string of the molecule is Cc1cccc(NC(=O)CN2C(=O)N/C(=C/c3ccc(C(C)(C)C)cc3)C2=O)c1. The maximum Gasteiger partial charge on any atom is 0.329 e. The Kier molecular flexibility index (Phi) is 5.55. The summed E-state index contributed by atoms with van der Waals surface area (Å²) >= 11 is 0. The van der Waals surface area contributed by atoms with Gasteiger partial charge in [-0.1, -0.05) is 57.2 Å². The molecule has 1 saturated heterocycles. The van der Waals surface area contributed by atoms with Gasteiger partial charge in [0.2, 0.25) is 5.91 Å². The Hall–Kier alpha value is -3.41. The number of hydrogen-bond acceptors (Lipinski definition) is 3. The molecule has 0 unspecified atom stereocenters. The van der Waals surface area contributed by atoms with E-state index < -0.39 is 17.8 Å². The van der Waals surface area contributed by atoms with Gasteiger partial charge in [-0.25, -0.2) is 9.69 Å². The van der Waals surface area contributed by atoms with Crippen LogP contribution in [0.1, 0.15) is 37.5 Å². The lowest BCUT2D eigenvalue weighted by Crippen LogP contribution is -2.38. The number of carbonyl (C=O) groups excluding carboxylic acids is 3. The molecule has 29 heavy (non-hydrogen) atoms. The Labute approximate surface area is 170 Å². The zero-order valence-corrected chi connectivity index (χ0v) is 17.1. The van der Waals surface area contributed by atoms with Crippen LogP contribution >= 0.6 is 0 Å². The molecule has 1 aliphatic heterocycles. The maximum atomic E-state index is 12.6. The Balaban J connectivity index is 1.69. The van der Waals surface area contributed by atoms with Crippen LogP contribution in [0.15, 0.2) is 54.2 Å². The van der Waals surface area contributed by atoms with Gasteiger partial charge in [0.15, 0.2) is 0 Å². The molecule has 0 aliphatic carbocycles. The van der Waals surface area contributed by atoms with Gasteiger partial charge in [-0.15, -0.1) is 0 Å². The van der Waals surface area contributed by atoms with Crippen molar-refractivity contribution in [2.75, 3.05) is 11.9 Å². The van der Waals surface area contributed by atoms with Crippen LogP contribution in [0.3, 0.4) is 0 Å². The number of nitrogens with one attached hydrogen (secondary N) is 2. The number of nitrogens with zero attached hydrogens (tertiary/aromatic N) is 1. The molecule has 1 heterocycles. The second-order valence-electron chi connectivity index (χ2n) is 8.17. The smallest absolute Gasteiger partial charge is 0.325 e. The Bertz CT molecular complexity index is 985. The van der Waals surface area contributed by atoms with Gasteiger partial charge in [-0.2, -0.15) is 0 Å². The summed E-state index contributed by atoms with van der Waals surface area (Å²) in [6, 6.07) is 14.5. The molecule has 6 nitrogen and oxygen atoms in total. The van der Waals surface area contributed by atoms with E-state index in [0.29, 0.717) is 5.69 Å². The third-order valence-electron chi connectivity index (χ3n) is 4.65. The van der Waals surface area contributed by atoms with Gasteiger partial charge in [0.05, 0.1) is 0 Å². The van der Waals surface area contributed by atoms with E-state index in [1.54, 1.807) is 12.1 Å². The molecule has 2 N–H and O–H groups in total. The number of urea groups is 1. The van der Waals surface area contributed by atoms with Crippen molar-refractivity contribution >= 4 is 29.6 Å². The van der Waals surface area contributed by atoms with Crippen LogP contribution in [-0.2, 0) is 15.0 Å². The molecule has 0 bridgehead atoms. The summed E-state index contributed by atoms with van der Waals surface area (Å²) in [5, 5.41) is 5.25. The summed E-state index contributed by atoms with van der Waals surface area (Å²) in [7, 11) is 0. The van der Waals surface area contributed by atoms with Gasteiger partial charge in [0.25, 0.3) is 5.91 Å². The third-order valence-corrected chi connectivity index (χ3v) is 4.65. The minimum absolute atomic E-state index is 0.0323. The van der Waals surface area contributed by atoms with Crippen molar-refractivity contribution in [2.45, 2.75) is 33.1 Å². The van der Waals surface area contributed by atoms with E-state index in [-0.39, 0.29) is 17.7 Å². The second kappa shape index (κ2) is 7.91. The number of carbonyl (C=O) groups is 3. The average molecular weight is 391 g/mol. The van der Waals surface area contributed by atoms with E-state index in [2.05, 4.69) is 31.4 Å². The van der Waals surface area contributed by atoms with E-state index in [1.165, 1.54) is 5.56 Å². The first-order chi connectivity index (χ1) is 13.6. The summed E-state index contributed by atoms with van der Waals surface area (Å²) in [6.45, 7) is 7.94. The molecule has 1 aliphatic rings. The van der Waals surface area contributed by atoms with E-state index in [1.807, 2.05) is 49.4 Å². The lowest BCUT2D eigenvalue weighted by atomic mass is 9.87. The number of anilines is 1. The highest BCUT2D eigenvalue weighted by Crippen LogP contribution is 2.23. The van der Waals surface area contributed by atoms with Crippen LogP contribution in [-0.4, -0.2) is 29.3 Å². The largest absolute Gasteiger partial charge is 0.329 e. The molecule has 1 fully saturated rings. The maximum absolute atomic E-state index is 12.6. The van der Waals surface area contributed by atoms with Gasteiger partial charge >= 0.3 is 6.03 Å². The second-order valence-corrected chi connectivity index (χ2v) is 8.17. The molecule has 0 radical (unpaired) electrons. The first-order valence-electron chi connectivity index (χ1n) is 9.45. The van der Waals surface area contributed by atoms with Crippen LogP contribution in [0.5, 0.6) is 0 Å². The lowest BCUT2D eigenvalue weighted by Gasteiger charge is -2.18. The normalized spacial score (nSPS) is 15.6. The van der Waals surface area contributed by atoms with Crippen LogP contribution in [0.4, 0.5) is 10.5 Å². The zero-order chi connectivity index (χ0) is 21.2. The van der Waals surface area contributed by atoms with Crippen molar-refractivity contribution in [3.63, 3.8) is 0 Å². The van der Waals surface area contributed by atoms with Crippen molar-refractivity contribution in [3.05, 3.63) is 70.9 Å². The Morgan fingerprint density at radius 2 is 1.79 bits per heavy atom. The van der Waals surface area contributed by atoms with E-state index in [4.69, 9.17) is 0 Å². The highest BCUT2D eigenvalue weighted by molar-refractivity contribution is 6.15. The number of hydrogen-bond donors (Lipinski definition) is 2. The first-order valence-corrected chi connectivity index (χ1v) is 9.45. The molecule has 0 atom stereocenters. The minimum atomic E-state index is -0.605. The molecule has 2 aromatic rings. The first kappa shape index (κ1) is 20.3. The van der Waals surface area contributed by atoms with Crippen molar-refractivity contribution < 1.29 is 14.4 Å². The van der Waals surface area contributed by atoms with E-state index in [9.17, 15) is 14.4 Å². The average Bonchev–Trinajstić information content (AvgIpc) is 2.89. The lowest BCUT2D eigenvalue weighted by molar-refractivity contribution is -0.127. The molecule has 0 saturated carbocycles. The number of amides is 4.